The van der Waals surface area contributed by atoms with Crippen LogP contribution in [0, 0.1) is 0 Å². The van der Waals surface area contributed by atoms with Gasteiger partial charge in [-0.15, -0.1) is 10.2 Å². The first kappa shape index (κ1) is 24.1. The summed E-state index contributed by atoms with van der Waals surface area (Å²) in [6.07, 6.45) is 15.1. The van der Waals surface area contributed by atoms with Gasteiger partial charge in [0.25, 0.3) is 0 Å². The summed E-state index contributed by atoms with van der Waals surface area (Å²) in [4.78, 5) is 5.17. The van der Waals surface area contributed by atoms with E-state index in [1.807, 2.05) is 18.2 Å². The van der Waals surface area contributed by atoms with Crippen LogP contribution in [0.25, 0.3) is 22.1 Å². The first-order chi connectivity index (χ1) is 16.5. The van der Waals surface area contributed by atoms with Gasteiger partial charge in [-0.1, -0.05) is 90.9 Å². The van der Waals surface area contributed by atoms with Crippen LogP contribution < -0.4 is 0 Å². The second kappa shape index (κ2) is 10.5. The van der Waals surface area contributed by atoms with Crippen molar-refractivity contribution in [3.8, 4) is 22.1 Å². The van der Waals surface area contributed by atoms with Crippen LogP contribution >= 0.6 is 46.1 Å². The molecule has 0 saturated heterocycles. The lowest BCUT2D eigenvalue weighted by Crippen LogP contribution is -2.13. The topological polar surface area (TPSA) is 43.6 Å². The maximum absolute atomic E-state index is 6.67. The summed E-state index contributed by atoms with van der Waals surface area (Å²) >= 11 is 20.8. The standard InChI is InChI=1S/C26H27Cl3N4S/c1-2-6-22-23(26-32-31-25(34-26)16-7-4-3-5-8-16)30-24(20-14-11-18(28)15-21(20)29)33(22)19-12-9-17(27)10-13-19/h9-12,14-16,19H,2-8,13H2,1H3. The first-order valence-corrected chi connectivity index (χ1v) is 13.9. The Kier molecular flexibility index (Phi) is 7.45. The first-order valence-electron chi connectivity index (χ1n) is 12.0. The smallest absolute Gasteiger partial charge is 0.168 e. The number of rotatable bonds is 6. The summed E-state index contributed by atoms with van der Waals surface area (Å²) in [5, 5.41) is 13.2. The molecule has 0 amide bonds. The molecule has 4 nitrogen and oxygen atoms in total. The lowest BCUT2D eigenvalue weighted by Gasteiger charge is -2.22. The van der Waals surface area contributed by atoms with Gasteiger partial charge in [-0.3, -0.25) is 0 Å². The van der Waals surface area contributed by atoms with Crippen LogP contribution in [0.15, 0.2) is 41.5 Å². The van der Waals surface area contributed by atoms with Crippen LogP contribution in [0.4, 0.5) is 0 Å². The zero-order valence-corrected chi connectivity index (χ0v) is 22.2. The summed E-state index contributed by atoms with van der Waals surface area (Å²) < 4.78 is 2.31. The zero-order chi connectivity index (χ0) is 23.7. The third-order valence-corrected chi connectivity index (χ3v) is 8.55. The molecule has 3 aromatic rings. The number of hydrogen-bond acceptors (Lipinski definition) is 4. The van der Waals surface area contributed by atoms with Gasteiger partial charge in [0, 0.05) is 27.2 Å². The molecule has 0 N–H and O–H groups in total. The van der Waals surface area contributed by atoms with E-state index in [0.29, 0.717) is 16.0 Å². The second-order valence-corrected chi connectivity index (χ2v) is 11.3. The van der Waals surface area contributed by atoms with Gasteiger partial charge < -0.3 is 4.57 Å². The lowest BCUT2D eigenvalue weighted by atomic mass is 9.90. The maximum Gasteiger partial charge on any atom is 0.168 e. The number of benzene rings is 1. The Morgan fingerprint density at radius 1 is 1.09 bits per heavy atom. The third kappa shape index (κ3) is 4.86. The molecule has 34 heavy (non-hydrogen) atoms. The molecule has 0 bridgehead atoms. The van der Waals surface area contributed by atoms with Gasteiger partial charge in [0.15, 0.2) is 5.01 Å². The average Bonchev–Trinajstić information content (AvgIpc) is 3.46. The molecule has 178 valence electrons. The highest BCUT2D eigenvalue weighted by Crippen LogP contribution is 2.41. The van der Waals surface area contributed by atoms with Crippen molar-refractivity contribution in [3.63, 3.8) is 0 Å². The summed E-state index contributed by atoms with van der Waals surface area (Å²) in [6, 6.07) is 5.68. The molecule has 1 atom stereocenters. The van der Waals surface area contributed by atoms with E-state index >= 15 is 0 Å². The molecule has 1 aromatic carbocycles. The predicted octanol–water partition coefficient (Wildman–Crippen LogP) is 9.00. The molecule has 1 fully saturated rings. The molecule has 1 unspecified atom stereocenters. The van der Waals surface area contributed by atoms with Crippen molar-refractivity contribution in [2.45, 2.75) is 70.3 Å². The Morgan fingerprint density at radius 2 is 1.91 bits per heavy atom. The van der Waals surface area contributed by atoms with Crippen molar-refractivity contribution in [1.29, 1.82) is 0 Å². The SMILES string of the molecule is CCCc1c(-c2nnc(C3CCCCC3)s2)nc(-c2ccc(Cl)cc2Cl)n1C1C=CC(Cl)=CC1. The number of nitrogens with zero attached hydrogens (tertiary/aromatic N) is 4. The van der Waals surface area contributed by atoms with Gasteiger partial charge in [-0.25, -0.2) is 4.98 Å². The van der Waals surface area contributed by atoms with Gasteiger partial charge in [0.1, 0.15) is 16.5 Å². The molecule has 2 heterocycles. The molecule has 8 heteroatoms. The Labute approximate surface area is 219 Å². The Bertz CT molecular complexity index is 1240. The molecule has 0 aliphatic heterocycles. The fourth-order valence-electron chi connectivity index (χ4n) is 4.95. The molecular weight excluding hydrogens is 507 g/mol. The summed E-state index contributed by atoms with van der Waals surface area (Å²) in [7, 11) is 0. The van der Waals surface area contributed by atoms with Crippen LogP contribution in [0.2, 0.25) is 10.0 Å². The summed E-state index contributed by atoms with van der Waals surface area (Å²) in [6.45, 7) is 2.19. The van der Waals surface area contributed by atoms with E-state index in [1.54, 1.807) is 17.4 Å². The van der Waals surface area contributed by atoms with Crippen molar-refractivity contribution in [3.05, 3.63) is 62.2 Å². The number of aromatic nitrogens is 4. The highest BCUT2D eigenvalue weighted by Gasteiger charge is 2.28. The number of imidazole rings is 1. The fraction of sp³-hybridized carbons (Fsp3) is 0.423. The molecule has 0 radical (unpaired) electrons. The van der Waals surface area contributed by atoms with Gasteiger partial charge in [0.2, 0.25) is 0 Å². The minimum Gasteiger partial charge on any atom is -0.320 e. The van der Waals surface area contributed by atoms with Crippen LogP contribution in [-0.4, -0.2) is 19.7 Å². The molecule has 1 saturated carbocycles. The van der Waals surface area contributed by atoms with Crippen molar-refractivity contribution in [1.82, 2.24) is 19.7 Å². The van der Waals surface area contributed by atoms with Crippen molar-refractivity contribution in [2.24, 2.45) is 0 Å². The van der Waals surface area contributed by atoms with E-state index in [2.05, 4.69) is 33.8 Å². The number of hydrogen-bond donors (Lipinski definition) is 0. The van der Waals surface area contributed by atoms with E-state index in [-0.39, 0.29) is 6.04 Å². The minimum absolute atomic E-state index is 0.0952. The lowest BCUT2D eigenvalue weighted by molar-refractivity contribution is 0.440. The number of allylic oxidation sites excluding steroid dienone is 4. The van der Waals surface area contributed by atoms with E-state index in [4.69, 9.17) is 39.8 Å². The van der Waals surface area contributed by atoms with Crippen molar-refractivity contribution < 1.29 is 0 Å². The molecule has 0 spiro atoms. The van der Waals surface area contributed by atoms with Gasteiger partial charge in [-0.2, -0.15) is 0 Å². The summed E-state index contributed by atoms with van der Waals surface area (Å²) in [5.74, 6) is 1.35. The van der Waals surface area contributed by atoms with Crippen LogP contribution in [0.3, 0.4) is 0 Å². The van der Waals surface area contributed by atoms with E-state index in [1.165, 1.54) is 32.1 Å². The van der Waals surface area contributed by atoms with E-state index in [0.717, 1.165) is 57.1 Å². The number of halogens is 3. The largest absolute Gasteiger partial charge is 0.320 e. The van der Waals surface area contributed by atoms with Crippen LogP contribution in [-0.2, 0) is 6.42 Å². The Hall–Kier alpha value is -1.66. The van der Waals surface area contributed by atoms with Gasteiger partial charge in [-0.05, 0) is 50.0 Å². The van der Waals surface area contributed by atoms with Crippen molar-refractivity contribution >= 4 is 46.1 Å². The maximum atomic E-state index is 6.67. The van der Waals surface area contributed by atoms with Crippen molar-refractivity contribution in [2.75, 3.05) is 0 Å². The molecular formula is C26H27Cl3N4S. The average molecular weight is 534 g/mol. The summed E-state index contributed by atoms with van der Waals surface area (Å²) in [5.41, 5.74) is 2.94. The highest BCUT2D eigenvalue weighted by atomic mass is 35.5. The van der Waals surface area contributed by atoms with Crippen LogP contribution in [0.1, 0.15) is 74.5 Å². The van der Waals surface area contributed by atoms with Gasteiger partial charge in [0.05, 0.1) is 11.1 Å². The molecule has 2 aliphatic rings. The fourth-order valence-corrected chi connectivity index (χ4v) is 6.63. The quantitative estimate of drug-likeness (QED) is 0.317. The van der Waals surface area contributed by atoms with E-state index in [9.17, 15) is 0 Å². The van der Waals surface area contributed by atoms with Gasteiger partial charge >= 0.3 is 0 Å². The minimum atomic E-state index is 0.0952. The monoisotopic (exact) mass is 532 g/mol. The van der Waals surface area contributed by atoms with E-state index < -0.39 is 0 Å². The predicted molar refractivity (Wildman–Crippen MR) is 143 cm³/mol. The third-order valence-electron chi connectivity index (χ3n) is 6.63. The molecule has 2 aromatic heterocycles. The second-order valence-electron chi connectivity index (χ2n) is 9.01. The Morgan fingerprint density at radius 3 is 2.62 bits per heavy atom. The normalized spacial score (nSPS) is 18.9. The van der Waals surface area contributed by atoms with Crippen LogP contribution in [0.5, 0.6) is 0 Å². The molecule has 2 aliphatic carbocycles. The Balaban J connectivity index is 1.65. The molecule has 5 rings (SSSR count). The highest BCUT2D eigenvalue weighted by molar-refractivity contribution is 7.14. The zero-order valence-electron chi connectivity index (χ0n) is 19.1.